The number of amides is 1. The Morgan fingerprint density at radius 1 is 0.946 bits per heavy atom. The van der Waals surface area contributed by atoms with Gasteiger partial charge in [0.05, 0.1) is 18.1 Å². The number of ether oxygens (including phenoxy) is 1. The first-order valence-corrected chi connectivity index (χ1v) is 14.0. The molecule has 0 radical (unpaired) electrons. The van der Waals surface area contributed by atoms with Gasteiger partial charge in [-0.25, -0.2) is 4.98 Å². The Bertz CT molecular complexity index is 1150. The number of piperidine rings is 1. The minimum atomic E-state index is 0.108. The second-order valence-electron chi connectivity index (χ2n) is 11.3. The average molecular weight is 505 g/mol. The number of likely N-dealkylation sites (tertiary alicyclic amines) is 1. The van der Waals surface area contributed by atoms with E-state index in [2.05, 4.69) is 55.4 Å². The van der Waals surface area contributed by atoms with E-state index >= 15 is 0 Å². The number of imidazole rings is 1. The highest BCUT2D eigenvalue weighted by Gasteiger charge is 2.21. The van der Waals surface area contributed by atoms with Gasteiger partial charge in [-0.05, 0) is 93.2 Å². The van der Waals surface area contributed by atoms with Gasteiger partial charge < -0.3 is 19.1 Å². The van der Waals surface area contributed by atoms with Crippen LogP contribution in [0.25, 0.3) is 22.4 Å². The lowest BCUT2D eigenvalue weighted by Gasteiger charge is -2.27. The van der Waals surface area contributed by atoms with E-state index in [1.54, 1.807) is 7.11 Å². The van der Waals surface area contributed by atoms with Crippen LogP contribution < -0.4 is 4.74 Å². The highest BCUT2D eigenvalue weighted by Crippen LogP contribution is 2.28. The molecule has 0 atom stereocenters. The summed E-state index contributed by atoms with van der Waals surface area (Å²) in [6.45, 7) is 14.6. The Morgan fingerprint density at radius 3 is 2.24 bits per heavy atom. The summed E-state index contributed by atoms with van der Waals surface area (Å²) in [5.74, 6) is 2.74. The minimum absolute atomic E-state index is 0.108. The maximum absolute atomic E-state index is 13.6. The fraction of sp³-hybridized carbons (Fsp3) is 0.548. The molecule has 2 heterocycles. The molecule has 1 fully saturated rings. The number of aryl methyl sites for hydroxylation is 1. The topological polar surface area (TPSA) is 50.6 Å². The van der Waals surface area contributed by atoms with E-state index in [9.17, 15) is 4.79 Å². The maximum Gasteiger partial charge on any atom is 0.253 e. The fourth-order valence-electron chi connectivity index (χ4n) is 5.38. The summed E-state index contributed by atoms with van der Waals surface area (Å²) < 4.78 is 7.68. The quantitative estimate of drug-likeness (QED) is 0.306. The van der Waals surface area contributed by atoms with Gasteiger partial charge in [0, 0.05) is 30.8 Å². The van der Waals surface area contributed by atoms with Crippen LogP contribution in [0.1, 0.15) is 63.7 Å². The molecule has 0 aliphatic carbocycles. The molecule has 0 spiro atoms. The van der Waals surface area contributed by atoms with E-state index in [1.807, 2.05) is 29.2 Å². The lowest BCUT2D eigenvalue weighted by Crippen LogP contribution is -2.37. The van der Waals surface area contributed by atoms with Crippen LogP contribution in [-0.2, 0) is 6.54 Å². The van der Waals surface area contributed by atoms with Crippen molar-refractivity contribution in [1.29, 1.82) is 0 Å². The van der Waals surface area contributed by atoms with E-state index < -0.39 is 0 Å². The summed E-state index contributed by atoms with van der Waals surface area (Å²) in [7, 11) is 1.69. The first-order chi connectivity index (χ1) is 17.9. The van der Waals surface area contributed by atoms with Crippen LogP contribution in [0.4, 0.5) is 0 Å². The van der Waals surface area contributed by atoms with Gasteiger partial charge in [0.25, 0.3) is 5.91 Å². The predicted octanol–water partition coefficient (Wildman–Crippen LogP) is 6.34. The number of fused-ring (bicyclic) bond motifs is 1. The Hall–Kier alpha value is -2.86. The van der Waals surface area contributed by atoms with Crippen LogP contribution in [-0.4, -0.2) is 65.1 Å². The van der Waals surface area contributed by atoms with Gasteiger partial charge in [-0.15, -0.1) is 0 Å². The second kappa shape index (κ2) is 12.6. The monoisotopic (exact) mass is 504 g/mol. The molecule has 37 heavy (non-hydrogen) atoms. The summed E-state index contributed by atoms with van der Waals surface area (Å²) >= 11 is 0. The molecular formula is C31H44N4O2. The van der Waals surface area contributed by atoms with Gasteiger partial charge in [0.1, 0.15) is 11.6 Å². The third-order valence-electron chi connectivity index (χ3n) is 7.11. The number of nitrogens with zero attached hydrogens (tertiary/aromatic N) is 4. The van der Waals surface area contributed by atoms with Crippen LogP contribution in [0, 0.1) is 11.8 Å². The molecule has 3 aromatic rings. The average Bonchev–Trinajstić information content (AvgIpc) is 3.25. The number of carbonyl (C=O) groups excluding carboxylic acids is 1. The van der Waals surface area contributed by atoms with Gasteiger partial charge >= 0.3 is 0 Å². The summed E-state index contributed by atoms with van der Waals surface area (Å²) in [5.41, 5.74) is 3.76. The van der Waals surface area contributed by atoms with Gasteiger partial charge in [-0.2, -0.15) is 0 Å². The highest BCUT2D eigenvalue weighted by atomic mass is 16.5. The second-order valence-corrected chi connectivity index (χ2v) is 11.3. The number of benzene rings is 2. The summed E-state index contributed by atoms with van der Waals surface area (Å²) in [6.07, 6.45) is 5.02. The number of carbonyl (C=O) groups is 1. The van der Waals surface area contributed by atoms with Gasteiger partial charge in [-0.3, -0.25) is 4.79 Å². The molecule has 0 N–H and O–H groups in total. The lowest BCUT2D eigenvalue weighted by atomic mass is 10.1. The Morgan fingerprint density at radius 2 is 1.62 bits per heavy atom. The number of hydrogen-bond acceptors (Lipinski definition) is 4. The van der Waals surface area contributed by atoms with Crippen molar-refractivity contribution in [3.63, 3.8) is 0 Å². The van der Waals surface area contributed by atoms with E-state index in [-0.39, 0.29) is 5.91 Å². The van der Waals surface area contributed by atoms with Gasteiger partial charge in [-0.1, -0.05) is 34.1 Å². The Labute approximate surface area is 222 Å². The molecule has 0 saturated carbocycles. The van der Waals surface area contributed by atoms with E-state index in [4.69, 9.17) is 9.72 Å². The van der Waals surface area contributed by atoms with Gasteiger partial charge in [0.15, 0.2) is 0 Å². The molecular weight excluding hydrogens is 460 g/mol. The SMILES string of the molecule is COc1ccc(-c2nc3ccc(C(=O)N(CC(C)C)CC(C)C)cc3n2CCCN2CCCCC2)cc1. The Balaban J connectivity index is 1.67. The summed E-state index contributed by atoms with van der Waals surface area (Å²) in [6, 6.07) is 14.1. The molecule has 0 bridgehead atoms. The molecule has 4 rings (SSSR count). The van der Waals surface area contributed by atoms with Crippen molar-refractivity contribution in [3.05, 3.63) is 48.0 Å². The zero-order chi connectivity index (χ0) is 26.4. The van der Waals surface area contributed by atoms with E-state index in [0.29, 0.717) is 11.8 Å². The van der Waals surface area contributed by atoms with Crippen molar-refractivity contribution in [2.24, 2.45) is 11.8 Å². The van der Waals surface area contributed by atoms with Crippen molar-refractivity contribution >= 4 is 16.9 Å². The third kappa shape index (κ3) is 6.92. The van der Waals surface area contributed by atoms with Crippen molar-refractivity contribution in [1.82, 2.24) is 19.4 Å². The number of rotatable bonds is 11. The molecule has 1 saturated heterocycles. The van der Waals surface area contributed by atoms with Crippen LogP contribution in [0.2, 0.25) is 0 Å². The predicted molar refractivity (Wildman–Crippen MR) is 152 cm³/mol. The fourth-order valence-corrected chi connectivity index (χ4v) is 5.38. The van der Waals surface area contributed by atoms with Crippen LogP contribution in [0.3, 0.4) is 0 Å². The molecule has 1 aromatic heterocycles. The molecule has 0 unspecified atom stereocenters. The minimum Gasteiger partial charge on any atom is -0.497 e. The first-order valence-electron chi connectivity index (χ1n) is 14.0. The van der Waals surface area contributed by atoms with E-state index in [1.165, 1.54) is 32.4 Å². The molecule has 1 aliphatic heterocycles. The van der Waals surface area contributed by atoms with Crippen molar-refractivity contribution in [2.45, 2.75) is 59.9 Å². The molecule has 6 heteroatoms. The Kier molecular flexibility index (Phi) is 9.25. The van der Waals surface area contributed by atoms with Crippen LogP contribution in [0.15, 0.2) is 42.5 Å². The zero-order valence-electron chi connectivity index (χ0n) is 23.4. The summed E-state index contributed by atoms with van der Waals surface area (Å²) in [4.78, 5) is 23.2. The largest absolute Gasteiger partial charge is 0.497 e. The first kappa shape index (κ1) is 27.2. The van der Waals surface area contributed by atoms with Gasteiger partial charge in [0.2, 0.25) is 0 Å². The zero-order valence-corrected chi connectivity index (χ0v) is 23.4. The third-order valence-corrected chi connectivity index (χ3v) is 7.11. The smallest absolute Gasteiger partial charge is 0.253 e. The number of hydrogen-bond donors (Lipinski definition) is 0. The van der Waals surface area contributed by atoms with E-state index in [0.717, 1.165) is 66.3 Å². The van der Waals surface area contributed by atoms with Crippen molar-refractivity contribution < 1.29 is 9.53 Å². The number of aromatic nitrogens is 2. The van der Waals surface area contributed by atoms with Crippen molar-refractivity contribution in [2.75, 3.05) is 39.8 Å². The maximum atomic E-state index is 13.6. The van der Waals surface area contributed by atoms with Crippen molar-refractivity contribution in [3.8, 4) is 17.1 Å². The molecule has 1 amide bonds. The standard InChI is InChI=1S/C31H44N4O2/c1-23(2)21-34(22-24(3)4)31(36)26-12-15-28-29(20-26)35(19-9-18-33-16-7-6-8-17-33)30(32-28)25-10-13-27(37-5)14-11-25/h10-15,20,23-24H,6-9,16-19,21-22H2,1-5H3. The molecule has 2 aromatic carbocycles. The number of methoxy groups -OCH3 is 1. The van der Waals surface area contributed by atoms with Crippen LogP contribution in [0.5, 0.6) is 5.75 Å². The van der Waals surface area contributed by atoms with Crippen LogP contribution >= 0.6 is 0 Å². The molecule has 200 valence electrons. The molecule has 6 nitrogen and oxygen atoms in total. The lowest BCUT2D eigenvalue weighted by molar-refractivity contribution is 0.0715. The highest BCUT2D eigenvalue weighted by molar-refractivity contribution is 5.98. The normalized spacial score (nSPS) is 14.6. The molecule has 1 aliphatic rings. The summed E-state index contributed by atoms with van der Waals surface area (Å²) in [5, 5.41) is 0.